The van der Waals surface area contributed by atoms with Crippen molar-refractivity contribution in [2.75, 3.05) is 13.1 Å². The Morgan fingerprint density at radius 3 is 2.38 bits per heavy atom. The summed E-state index contributed by atoms with van der Waals surface area (Å²) in [5.41, 5.74) is 4.15. The third kappa shape index (κ3) is 3.31. The number of aromatic nitrogens is 3. The third-order valence-corrected chi connectivity index (χ3v) is 6.39. The number of nitrogens with zero attached hydrogens (tertiary/aromatic N) is 4. The third-order valence-electron chi connectivity index (χ3n) is 6.39. The van der Waals surface area contributed by atoms with E-state index in [1.54, 1.807) is 18.7 Å². The van der Waals surface area contributed by atoms with Crippen molar-refractivity contribution < 1.29 is 4.79 Å². The molecule has 0 unspecified atom stereocenters. The number of amides is 1. The summed E-state index contributed by atoms with van der Waals surface area (Å²) in [7, 11) is 0. The van der Waals surface area contributed by atoms with Gasteiger partial charge in [0.15, 0.2) is 0 Å². The van der Waals surface area contributed by atoms with Crippen LogP contribution >= 0.6 is 0 Å². The zero-order chi connectivity index (χ0) is 19.7. The Morgan fingerprint density at radius 2 is 1.69 bits per heavy atom. The number of pyridine rings is 1. The fourth-order valence-electron chi connectivity index (χ4n) is 4.59. The molecule has 146 valence electrons. The number of likely N-dealkylation sites (tertiary alicyclic amines) is 1. The van der Waals surface area contributed by atoms with Crippen molar-refractivity contribution >= 4 is 5.91 Å². The van der Waals surface area contributed by atoms with Gasteiger partial charge in [-0.1, -0.05) is 30.3 Å². The van der Waals surface area contributed by atoms with Crippen molar-refractivity contribution in [1.82, 2.24) is 19.9 Å². The van der Waals surface area contributed by atoms with E-state index in [4.69, 9.17) is 0 Å². The molecule has 5 heteroatoms. The predicted octanol–water partition coefficient (Wildman–Crippen LogP) is 3.98. The van der Waals surface area contributed by atoms with Gasteiger partial charge in [-0.05, 0) is 48.9 Å². The van der Waals surface area contributed by atoms with Crippen molar-refractivity contribution in [1.29, 1.82) is 0 Å². The second-order valence-corrected chi connectivity index (χ2v) is 8.07. The molecule has 0 spiro atoms. The number of carbonyl (C=O) groups excluding carboxylic acids is 1. The molecule has 29 heavy (non-hydrogen) atoms. The van der Waals surface area contributed by atoms with E-state index in [-0.39, 0.29) is 5.41 Å². The smallest absolute Gasteiger partial charge is 0.233 e. The molecule has 2 aromatic heterocycles. The van der Waals surface area contributed by atoms with Crippen LogP contribution in [0.4, 0.5) is 0 Å². The second-order valence-electron chi connectivity index (χ2n) is 8.07. The molecule has 1 amide bonds. The first kappa shape index (κ1) is 18.0. The summed E-state index contributed by atoms with van der Waals surface area (Å²) in [5, 5.41) is 0. The van der Waals surface area contributed by atoms with E-state index < -0.39 is 0 Å². The molecule has 0 N–H and O–H groups in total. The Labute approximate surface area is 170 Å². The maximum Gasteiger partial charge on any atom is 0.233 e. The van der Waals surface area contributed by atoms with Gasteiger partial charge in [0.25, 0.3) is 0 Å². The molecule has 1 saturated carbocycles. The summed E-state index contributed by atoms with van der Waals surface area (Å²) < 4.78 is 0. The van der Waals surface area contributed by atoms with Crippen molar-refractivity contribution in [2.45, 2.75) is 37.0 Å². The van der Waals surface area contributed by atoms with Crippen molar-refractivity contribution in [2.24, 2.45) is 0 Å². The standard InChI is InChI=1S/C24H24N4O/c29-23(24(10-11-24)20-4-2-1-3-5-20)28-14-8-19(9-15-28)22-21(16-26-17-27-22)18-6-12-25-13-7-18/h1-7,12-13,16-17,19H,8-11,14-15H2. The second kappa shape index (κ2) is 7.39. The predicted molar refractivity (Wildman–Crippen MR) is 111 cm³/mol. The minimum Gasteiger partial charge on any atom is -0.342 e. The van der Waals surface area contributed by atoms with Gasteiger partial charge < -0.3 is 4.90 Å². The summed E-state index contributed by atoms with van der Waals surface area (Å²) in [6, 6.07) is 14.3. The van der Waals surface area contributed by atoms with E-state index in [1.165, 1.54) is 5.56 Å². The largest absolute Gasteiger partial charge is 0.342 e. The lowest BCUT2D eigenvalue weighted by Gasteiger charge is -2.35. The SMILES string of the molecule is O=C(N1CCC(c2ncncc2-c2ccncc2)CC1)C1(c2ccccc2)CC1. The van der Waals surface area contributed by atoms with Gasteiger partial charge in [-0.3, -0.25) is 9.78 Å². The van der Waals surface area contributed by atoms with Crippen molar-refractivity contribution in [3.05, 3.63) is 78.6 Å². The first-order valence-electron chi connectivity index (χ1n) is 10.3. The lowest BCUT2D eigenvalue weighted by atomic mass is 9.87. The first-order chi connectivity index (χ1) is 14.3. The Hall–Kier alpha value is -3.08. The molecule has 0 radical (unpaired) electrons. The van der Waals surface area contributed by atoms with Crippen LogP contribution < -0.4 is 0 Å². The molecule has 0 atom stereocenters. The highest BCUT2D eigenvalue weighted by molar-refractivity contribution is 5.91. The molecule has 1 aliphatic heterocycles. The molecule has 5 nitrogen and oxygen atoms in total. The number of carbonyl (C=O) groups is 1. The van der Waals surface area contributed by atoms with Crippen LogP contribution in [0.25, 0.3) is 11.1 Å². The molecule has 3 aromatic rings. The van der Waals surface area contributed by atoms with Gasteiger partial charge in [-0.2, -0.15) is 0 Å². The fraction of sp³-hybridized carbons (Fsp3) is 0.333. The quantitative estimate of drug-likeness (QED) is 0.683. The molecule has 1 aromatic carbocycles. The zero-order valence-electron chi connectivity index (χ0n) is 16.4. The van der Waals surface area contributed by atoms with Gasteiger partial charge in [0.1, 0.15) is 6.33 Å². The molecule has 1 saturated heterocycles. The number of hydrogen-bond acceptors (Lipinski definition) is 4. The van der Waals surface area contributed by atoms with Crippen LogP contribution in [0.15, 0.2) is 67.4 Å². The van der Waals surface area contributed by atoms with Crippen LogP contribution in [0.5, 0.6) is 0 Å². The summed E-state index contributed by atoms with van der Waals surface area (Å²) in [5.74, 6) is 0.649. The van der Waals surface area contributed by atoms with Gasteiger partial charge in [0.2, 0.25) is 5.91 Å². The average molecular weight is 384 g/mol. The summed E-state index contributed by atoms with van der Waals surface area (Å²) in [6.07, 6.45) is 10.9. The number of piperidine rings is 1. The zero-order valence-corrected chi connectivity index (χ0v) is 16.4. The average Bonchev–Trinajstić information content (AvgIpc) is 3.62. The molecular weight excluding hydrogens is 360 g/mol. The van der Waals surface area contributed by atoms with Crippen LogP contribution in [-0.2, 0) is 10.2 Å². The van der Waals surface area contributed by atoms with Gasteiger partial charge in [-0.25, -0.2) is 9.97 Å². The van der Waals surface area contributed by atoms with Crippen LogP contribution in [0, 0.1) is 0 Å². The van der Waals surface area contributed by atoms with Gasteiger partial charge in [0.05, 0.1) is 11.1 Å². The van der Waals surface area contributed by atoms with Crippen LogP contribution in [0.3, 0.4) is 0 Å². The molecule has 2 aliphatic rings. The summed E-state index contributed by atoms with van der Waals surface area (Å²) >= 11 is 0. The van der Waals surface area contributed by atoms with Crippen LogP contribution in [0.1, 0.15) is 42.9 Å². The normalized spacial score (nSPS) is 18.4. The van der Waals surface area contributed by atoms with Gasteiger partial charge >= 0.3 is 0 Å². The number of hydrogen-bond donors (Lipinski definition) is 0. The Bertz CT molecular complexity index is 994. The Morgan fingerprint density at radius 1 is 0.966 bits per heavy atom. The van der Waals surface area contributed by atoms with Crippen LogP contribution in [0.2, 0.25) is 0 Å². The van der Waals surface area contributed by atoms with E-state index in [2.05, 4.69) is 32.0 Å². The molecule has 1 aliphatic carbocycles. The molecular formula is C24H24N4O. The van der Waals surface area contributed by atoms with E-state index in [0.717, 1.165) is 55.6 Å². The summed E-state index contributed by atoms with van der Waals surface area (Å²) in [4.78, 5) is 28.4. The van der Waals surface area contributed by atoms with E-state index in [0.29, 0.717) is 11.8 Å². The first-order valence-corrected chi connectivity index (χ1v) is 10.3. The number of benzene rings is 1. The lowest BCUT2D eigenvalue weighted by Crippen LogP contribution is -2.43. The molecule has 2 fully saturated rings. The van der Waals surface area contributed by atoms with E-state index >= 15 is 0 Å². The topological polar surface area (TPSA) is 59.0 Å². The van der Waals surface area contributed by atoms with E-state index in [1.807, 2.05) is 36.5 Å². The highest BCUT2D eigenvalue weighted by Crippen LogP contribution is 2.50. The van der Waals surface area contributed by atoms with Gasteiger partial charge in [-0.15, -0.1) is 0 Å². The highest BCUT2D eigenvalue weighted by Gasteiger charge is 2.53. The fourth-order valence-corrected chi connectivity index (χ4v) is 4.59. The monoisotopic (exact) mass is 384 g/mol. The lowest BCUT2D eigenvalue weighted by molar-refractivity contribution is -0.135. The summed E-state index contributed by atoms with van der Waals surface area (Å²) in [6.45, 7) is 1.58. The minimum atomic E-state index is -0.273. The maximum absolute atomic E-state index is 13.3. The van der Waals surface area contributed by atoms with Crippen molar-refractivity contribution in [3.63, 3.8) is 0 Å². The van der Waals surface area contributed by atoms with Gasteiger partial charge in [0, 0.05) is 43.2 Å². The van der Waals surface area contributed by atoms with E-state index in [9.17, 15) is 4.79 Å². The Kier molecular flexibility index (Phi) is 4.58. The van der Waals surface area contributed by atoms with Crippen molar-refractivity contribution in [3.8, 4) is 11.1 Å². The molecule has 5 rings (SSSR count). The Balaban J connectivity index is 1.32. The minimum absolute atomic E-state index is 0.273. The number of rotatable bonds is 4. The molecule has 3 heterocycles. The molecule has 0 bridgehead atoms. The maximum atomic E-state index is 13.3. The van der Waals surface area contributed by atoms with Crippen LogP contribution in [-0.4, -0.2) is 38.8 Å². The highest BCUT2D eigenvalue weighted by atomic mass is 16.2.